The maximum atomic E-state index is 11.4. The molecule has 1 aliphatic heterocycles. The second-order valence-electron chi connectivity index (χ2n) is 4.92. The van der Waals surface area contributed by atoms with E-state index >= 15 is 0 Å². The Morgan fingerprint density at radius 3 is 2.06 bits per heavy atom. The molecule has 0 aromatic heterocycles. The summed E-state index contributed by atoms with van der Waals surface area (Å²) in [6.45, 7) is 2.76. The van der Waals surface area contributed by atoms with Crippen molar-refractivity contribution < 1.29 is 21.4 Å². The molecule has 1 unspecified atom stereocenters. The van der Waals surface area contributed by atoms with E-state index in [-0.39, 0.29) is 17.6 Å². The minimum atomic E-state index is -3.96. The lowest BCUT2D eigenvalue weighted by Crippen LogP contribution is -2.40. The van der Waals surface area contributed by atoms with Crippen LogP contribution in [-0.2, 0) is 20.1 Å². The molecule has 0 saturated carbocycles. The third-order valence-corrected chi connectivity index (χ3v) is 5.74. The van der Waals surface area contributed by atoms with E-state index in [0.717, 1.165) is 0 Å². The minimum Gasteiger partial charge on any atom is -0.286 e. The zero-order chi connectivity index (χ0) is 14.0. The Balaban J connectivity index is 2.61. The van der Waals surface area contributed by atoms with E-state index in [1.54, 1.807) is 0 Å². The maximum Gasteiger partial charge on any atom is 0.265 e. The van der Waals surface area contributed by atoms with Crippen molar-refractivity contribution in [3.05, 3.63) is 0 Å². The van der Waals surface area contributed by atoms with Crippen LogP contribution in [0.3, 0.4) is 0 Å². The van der Waals surface area contributed by atoms with Crippen molar-refractivity contribution in [1.29, 1.82) is 0 Å². The van der Waals surface area contributed by atoms with Gasteiger partial charge in [-0.05, 0) is 24.7 Å². The molecule has 0 amide bonds. The van der Waals surface area contributed by atoms with Crippen LogP contribution in [0.2, 0.25) is 0 Å². The number of piperidine rings is 1. The molecule has 8 heteroatoms. The highest BCUT2D eigenvalue weighted by Gasteiger charge is 2.30. The molecule has 1 atom stereocenters. The van der Waals surface area contributed by atoms with E-state index in [2.05, 4.69) is 0 Å². The predicted molar refractivity (Wildman–Crippen MR) is 69.3 cm³/mol. The van der Waals surface area contributed by atoms with Gasteiger partial charge in [0.15, 0.2) is 0 Å². The molecule has 0 bridgehead atoms. The Hall–Kier alpha value is -0.180. The van der Waals surface area contributed by atoms with Crippen molar-refractivity contribution in [3.8, 4) is 0 Å². The lowest BCUT2D eigenvalue weighted by Gasteiger charge is -2.34. The van der Waals surface area contributed by atoms with E-state index in [9.17, 15) is 16.8 Å². The summed E-state index contributed by atoms with van der Waals surface area (Å²) in [5, 5.41) is 0. The first-order valence-corrected chi connectivity index (χ1v) is 9.49. The number of sulfonamides is 1. The SMILES string of the molecule is CCC(CS(=O)(=O)O)C1CCN(S(C)(=O)=O)CC1. The van der Waals surface area contributed by atoms with Gasteiger partial charge in [0.05, 0.1) is 12.0 Å². The van der Waals surface area contributed by atoms with E-state index in [1.165, 1.54) is 10.6 Å². The summed E-state index contributed by atoms with van der Waals surface area (Å²) in [7, 11) is -7.11. The second-order valence-corrected chi connectivity index (χ2v) is 8.40. The normalized spacial score (nSPS) is 21.9. The van der Waals surface area contributed by atoms with Crippen LogP contribution in [-0.4, -0.2) is 50.8 Å². The van der Waals surface area contributed by atoms with Crippen LogP contribution in [0.25, 0.3) is 0 Å². The third-order valence-electron chi connectivity index (χ3n) is 3.58. The summed E-state index contributed by atoms with van der Waals surface area (Å²) < 4.78 is 54.9. The number of nitrogens with zero attached hydrogens (tertiary/aromatic N) is 1. The fourth-order valence-corrected chi connectivity index (χ4v) is 4.46. The lowest BCUT2D eigenvalue weighted by molar-refractivity contribution is 0.213. The summed E-state index contributed by atoms with van der Waals surface area (Å²) in [6.07, 6.45) is 3.16. The highest BCUT2D eigenvalue weighted by Crippen LogP contribution is 2.29. The molecule has 0 aromatic carbocycles. The van der Waals surface area contributed by atoms with Gasteiger partial charge in [-0.15, -0.1) is 0 Å². The first-order valence-electron chi connectivity index (χ1n) is 6.03. The van der Waals surface area contributed by atoms with Crippen molar-refractivity contribution in [1.82, 2.24) is 4.31 Å². The fourth-order valence-electron chi connectivity index (χ4n) is 2.54. The lowest BCUT2D eigenvalue weighted by atomic mass is 9.84. The van der Waals surface area contributed by atoms with E-state index in [4.69, 9.17) is 4.55 Å². The molecule has 0 spiro atoms. The van der Waals surface area contributed by atoms with Crippen molar-refractivity contribution in [2.45, 2.75) is 26.2 Å². The van der Waals surface area contributed by atoms with Crippen molar-refractivity contribution in [3.63, 3.8) is 0 Å². The third kappa shape index (κ3) is 4.83. The van der Waals surface area contributed by atoms with Gasteiger partial charge < -0.3 is 0 Å². The molecular formula is C10H21NO5S2. The van der Waals surface area contributed by atoms with Gasteiger partial charge in [-0.2, -0.15) is 8.42 Å². The topological polar surface area (TPSA) is 91.8 Å². The molecule has 108 valence electrons. The average molecular weight is 299 g/mol. The van der Waals surface area contributed by atoms with E-state index in [1.807, 2.05) is 6.92 Å². The Morgan fingerprint density at radius 1 is 1.22 bits per heavy atom. The number of hydrogen-bond donors (Lipinski definition) is 1. The summed E-state index contributed by atoms with van der Waals surface area (Å²) in [5.74, 6) is -0.163. The van der Waals surface area contributed by atoms with Gasteiger partial charge in [-0.25, -0.2) is 12.7 Å². The molecule has 18 heavy (non-hydrogen) atoms. The second kappa shape index (κ2) is 5.85. The van der Waals surface area contributed by atoms with Crippen LogP contribution < -0.4 is 0 Å². The molecule has 1 aliphatic rings. The van der Waals surface area contributed by atoms with Crippen LogP contribution >= 0.6 is 0 Å². The molecule has 1 fully saturated rings. The molecule has 1 heterocycles. The van der Waals surface area contributed by atoms with Crippen LogP contribution in [0.15, 0.2) is 0 Å². The van der Waals surface area contributed by atoms with Gasteiger partial charge in [-0.3, -0.25) is 4.55 Å². The van der Waals surface area contributed by atoms with Crippen LogP contribution in [0.4, 0.5) is 0 Å². The Morgan fingerprint density at radius 2 is 1.72 bits per heavy atom. The molecule has 1 saturated heterocycles. The highest BCUT2D eigenvalue weighted by molar-refractivity contribution is 7.88. The zero-order valence-electron chi connectivity index (χ0n) is 10.7. The van der Waals surface area contributed by atoms with Gasteiger partial charge in [0, 0.05) is 13.1 Å². The molecule has 1 N–H and O–H groups in total. The smallest absolute Gasteiger partial charge is 0.265 e. The van der Waals surface area contributed by atoms with Crippen molar-refractivity contribution >= 4 is 20.1 Å². The predicted octanol–water partition coefficient (Wildman–Crippen LogP) is 0.572. The zero-order valence-corrected chi connectivity index (χ0v) is 12.4. The van der Waals surface area contributed by atoms with Crippen LogP contribution in [0.5, 0.6) is 0 Å². The largest absolute Gasteiger partial charge is 0.286 e. The Bertz CT molecular complexity index is 462. The van der Waals surface area contributed by atoms with Crippen molar-refractivity contribution in [2.24, 2.45) is 11.8 Å². The van der Waals surface area contributed by atoms with Gasteiger partial charge >= 0.3 is 0 Å². The summed E-state index contributed by atoms with van der Waals surface area (Å²) in [5.41, 5.74) is 0. The standard InChI is InChI=1S/C10H21NO5S2/c1-3-9(8-18(14,15)16)10-4-6-11(7-5-10)17(2,12)13/h9-10H,3-8H2,1-2H3,(H,14,15,16). The first kappa shape index (κ1) is 15.9. The monoisotopic (exact) mass is 299 g/mol. The maximum absolute atomic E-state index is 11.4. The quantitative estimate of drug-likeness (QED) is 0.749. The number of rotatable bonds is 5. The number of hydrogen-bond acceptors (Lipinski definition) is 4. The fraction of sp³-hybridized carbons (Fsp3) is 1.00. The molecule has 6 nitrogen and oxygen atoms in total. The van der Waals surface area contributed by atoms with Gasteiger partial charge in [0.25, 0.3) is 10.1 Å². The molecule has 0 aliphatic carbocycles. The molecular weight excluding hydrogens is 278 g/mol. The van der Waals surface area contributed by atoms with E-state index < -0.39 is 20.1 Å². The summed E-state index contributed by atoms with van der Waals surface area (Å²) in [4.78, 5) is 0. The summed E-state index contributed by atoms with van der Waals surface area (Å²) in [6, 6.07) is 0. The van der Waals surface area contributed by atoms with Gasteiger partial charge in [0.1, 0.15) is 0 Å². The highest BCUT2D eigenvalue weighted by atomic mass is 32.2. The van der Waals surface area contributed by atoms with Gasteiger partial charge in [-0.1, -0.05) is 13.3 Å². The molecule has 1 rings (SSSR count). The minimum absolute atomic E-state index is 0.0956. The summed E-state index contributed by atoms with van der Waals surface area (Å²) >= 11 is 0. The first-order chi connectivity index (χ1) is 8.13. The van der Waals surface area contributed by atoms with Crippen LogP contribution in [0, 0.1) is 11.8 Å². The van der Waals surface area contributed by atoms with Crippen LogP contribution in [0.1, 0.15) is 26.2 Å². The molecule has 0 radical (unpaired) electrons. The van der Waals surface area contributed by atoms with E-state index in [0.29, 0.717) is 32.4 Å². The van der Waals surface area contributed by atoms with Gasteiger partial charge in [0.2, 0.25) is 10.0 Å². The van der Waals surface area contributed by atoms with Crippen molar-refractivity contribution in [2.75, 3.05) is 25.1 Å². The Labute approximate surface area is 109 Å². The average Bonchev–Trinajstić information content (AvgIpc) is 2.24. The Kier molecular flexibility index (Phi) is 5.16. The molecule has 0 aromatic rings.